The van der Waals surface area contributed by atoms with Gasteiger partial charge in [-0.15, -0.1) is 0 Å². The summed E-state index contributed by atoms with van der Waals surface area (Å²) >= 11 is 3.34. The lowest BCUT2D eigenvalue weighted by atomic mass is 10.1. The second-order valence-corrected chi connectivity index (χ2v) is 4.93. The fourth-order valence-corrected chi connectivity index (χ4v) is 2.03. The molecular formula is C12H17BrN2O3. The monoisotopic (exact) mass is 316 g/mol. The topological polar surface area (TPSA) is 64.4 Å². The number of hydrogen-bond donors (Lipinski definition) is 1. The minimum absolute atomic E-state index is 0.116. The van der Waals surface area contributed by atoms with Gasteiger partial charge in [-0.3, -0.25) is 10.1 Å². The first-order valence-electron chi connectivity index (χ1n) is 5.74. The highest BCUT2D eigenvalue weighted by molar-refractivity contribution is 9.10. The molecule has 0 heterocycles. The fourth-order valence-electron chi connectivity index (χ4n) is 1.58. The molecule has 0 aliphatic carbocycles. The van der Waals surface area contributed by atoms with E-state index in [4.69, 9.17) is 4.74 Å². The third-order valence-electron chi connectivity index (χ3n) is 2.46. The lowest BCUT2D eigenvalue weighted by Gasteiger charge is -2.16. The molecule has 100 valence electrons. The van der Waals surface area contributed by atoms with Crippen molar-refractivity contribution in [2.75, 3.05) is 18.5 Å². The van der Waals surface area contributed by atoms with Gasteiger partial charge in [0, 0.05) is 34.4 Å². The Kier molecular flexibility index (Phi) is 5.55. The molecule has 18 heavy (non-hydrogen) atoms. The normalized spacial score (nSPS) is 12.2. The maximum absolute atomic E-state index is 10.8. The maximum atomic E-state index is 10.8. The van der Waals surface area contributed by atoms with E-state index in [1.165, 1.54) is 6.07 Å². The number of nitrogens with zero attached hydrogens (tertiary/aromatic N) is 1. The average molecular weight is 317 g/mol. The van der Waals surface area contributed by atoms with Crippen LogP contribution in [-0.2, 0) is 4.74 Å². The summed E-state index contributed by atoms with van der Waals surface area (Å²) in [7, 11) is 0. The Labute approximate surface area is 115 Å². The average Bonchev–Trinajstić information content (AvgIpc) is 2.30. The van der Waals surface area contributed by atoms with Crippen LogP contribution in [-0.4, -0.2) is 24.2 Å². The second kappa shape index (κ2) is 6.70. The zero-order valence-corrected chi connectivity index (χ0v) is 12.3. The third-order valence-corrected chi connectivity index (χ3v) is 3.11. The van der Waals surface area contributed by atoms with Crippen LogP contribution in [0.5, 0.6) is 0 Å². The first-order valence-corrected chi connectivity index (χ1v) is 6.53. The minimum Gasteiger partial charge on any atom is -0.380 e. The van der Waals surface area contributed by atoms with E-state index in [0.717, 1.165) is 5.69 Å². The number of nitro groups is 1. The van der Waals surface area contributed by atoms with Crippen LogP contribution in [0.25, 0.3) is 0 Å². The number of benzene rings is 1. The predicted molar refractivity (Wildman–Crippen MR) is 75.1 cm³/mol. The Morgan fingerprint density at radius 2 is 2.22 bits per heavy atom. The molecule has 1 aromatic rings. The molecule has 1 N–H and O–H groups in total. The van der Waals surface area contributed by atoms with E-state index in [1.54, 1.807) is 13.0 Å². The van der Waals surface area contributed by atoms with Crippen LogP contribution in [0.1, 0.15) is 19.4 Å². The van der Waals surface area contributed by atoms with E-state index >= 15 is 0 Å². The molecule has 0 amide bonds. The molecule has 0 aliphatic rings. The van der Waals surface area contributed by atoms with Crippen LogP contribution in [0.4, 0.5) is 11.4 Å². The lowest BCUT2D eigenvalue weighted by molar-refractivity contribution is -0.385. The first kappa shape index (κ1) is 14.9. The van der Waals surface area contributed by atoms with Gasteiger partial charge >= 0.3 is 0 Å². The van der Waals surface area contributed by atoms with Gasteiger partial charge in [-0.25, -0.2) is 0 Å². The molecule has 0 saturated carbocycles. The summed E-state index contributed by atoms with van der Waals surface area (Å²) in [5, 5.41) is 14.1. The fraction of sp³-hybridized carbons (Fsp3) is 0.500. The Hall–Kier alpha value is -1.14. The van der Waals surface area contributed by atoms with Gasteiger partial charge in [0.15, 0.2) is 0 Å². The molecule has 0 aliphatic heterocycles. The molecule has 0 bridgehead atoms. The lowest BCUT2D eigenvalue weighted by Crippen LogP contribution is -2.22. The summed E-state index contributed by atoms with van der Waals surface area (Å²) in [6, 6.07) is 3.43. The zero-order chi connectivity index (χ0) is 13.7. The van der Waals surface area contributed by atoms with Gasteiger partial charge in [0.1, 0.15) is 0 Å². The molecule has 1 atom stereocenters. The van der Waals surface area contributed by atoms with Crippen molar-refractivity contribution in [3.8, 4) is 0 Å². The SMILES string of the molecule is CCOCC(C)Nc1cc(C)c([N+](=O)[O-])cc1Br. The molecule has 5 nitrogen and oxygen atoms in total. The van der Waals surface area contributed by atoms with Crippen molar-refractivity contribution in [2.24, 2.45) is 0 Å². The summed E-state index contributed by atoms with van der Waals surface area (Å²) in [6.07, 6.45) is 0. The van der Waals surface area contributed by atoms with Crippen molar-refractivity contribution in [1.29, 1.82) is 0 Å². The van der Waals surface area contributed by atoms with Crippen molar-refractivity contribution in [3.05, 3.63) is 32.3 Å². The van der Waals surface area contributed by atoms with E-state index in [-0.39, 0.29) is 16.7 Å². The quantitative estimate of drug-likeness (QED) is 0.644. The van der Waals surface area contributed by atoms with E-state index in [1.807, 2.05) is 13.8 Å². The number of nitro benzene ring substituents is 1. The van der Waals surface area contributed by atoms with Crippen LogP contribution in [0.15, 0.2) is 16.6 Å². The van der Waals surface area contributed by atoms with Crippen LogP contribution < -0.4 is 5.32 Å². The van der Waals surface area contributed by atoms with Gasteiger partial charge in [-0.2, -0.15) is 0 Å². The van der Waals surface area contributed by atoms with Gasteiger partial charge < -0.3 is 10.1 Å². The summed E-state index contributed by atoms with van der Waals surface area (Å²) in [4.78, 5) is 10.4. The molecule has 1 unspecified atom stereocenters. The summed E-state index contributed by atoms with van der Waals surface area (Å²) in [6.45, 7) is 6.94. The molecular weight excluding hydrogens is 300 g/mol. The third kappa shape index (κ3) is 3.96. The predicted octanol–water partition coefficient (Wildman–Crippen LogP) is 3.50. The number of aryl methyl sites for hydroxylation is 1. The summed E-state index contributed by atoms with van der Waals surface area (Å²) < 4.78 is 6.00. The number of ether oxygens (including phenoxy) is 1. The number of rotatable bonds is 6. The summed E-state index contributed by atoms with van der Waals surface area (Å²) in [5.74, 6) is 0. The van der Waals surface area contributed by atoms with Crippen molar-refractivity contribution >= 4 is 27.3 Å². The number of hydrogen-bond acceptors (Lipinski definition) is 4. The van der Waals surface area contributed by atoms with E-state index in [9.17, 15) is 10.1 Å². The molecule has 6 heteroatoms. The Morgan fingerprint density at radius 3 is 2.78 bits per heavy atom. The number of nitrogens with one attached hydrogen (secondary N) is 1. The molecule has 1 rings (SSSR count). The highest BCUT2D eigenvalue weighted by atomic mass is 79.9. The highest BCUT2D eigenvalue weighted by Crippen LogP contribution is 2.30. The van der Waals surface area contributed by atoms with Crippen LogP contribution >= 0.6 is 15.9 Å². The number of halogens is 1. The van der Waals surface area contributed by atoms with E-state index in [0.29, 0.717) is 23.2 Å². The molecule has 0 aromatic heterocycles. The Balaban J connectivity index is 2.84. The number of anilines is 1. The molecule has 0 saturated heterocycles. The first-order chi connectivity index (χ1) is 8.45. The Bertz CT molecular complexity index is 438. The van der Waals surface area contributed by atoms with Gasteiger partial charge in [0.25, 0.3) is 5.69 Å². The van der Waals surface area contributed by atoms with Crippen molar-refractivity contribution in [3.63, 3.8) is 0 Å². The molecule has 0 fully saturated rings. The van der Waals surface area contributed by atoms with Crippen molar-refractivity contribution in [1.82, 2.24) is 0 Å². The highest BCUT2D eigenvalue weighted by Gasteiger charge is 2.15. The van der Waals surface area contributed by atoms with Gasteiger partial charge in [-0.1, -0.05) is 0 Å². The van der Waals surface area contributed by atoms with Crippen LogP contribution in [0, 0.1) is 17.0 Å². The molecule has 0 spiro atoms. The zero-order valence-electron chi connectivity index (χ0n) is 10.7. The van der Waals surface area contributed by atoms with Crippen molar-refractivity contribution in [2.45, 2.75) is 26.8 Å². The van der Waals surface area contributed by atoms with Crippen molar-refractivity contribution < 1.29 is 9.66 Å². The smallest absolute Gasteiger partial charge is 0.273 e. The van der Waals surface area contributed by atoms with Crippen LogP contribution in [0.3, 0.4) is 0 Å². The minimum atomic E-state index is -0.381. The Morgan fingerprint density at radius 1 is 1.56 bits per heavy atom. The standard InChI is InChI=1S/C12H17BrN2O3/c1-4-18-7-9(3)14-11-5-8(2)12(15(16)17)6-10(11)13/h5-6,9,14H,4,7H2,1-3H3. The largest absolute Gasteiger partial charge is 0.380 e. The van der Waals surface area contributed by atoms with Crippen LogP contribution in [0.2, 0.25) is 0 Å². The van der Waals surface area contributed by atoms with E-state index in [2.05, 4.69) is 21.2 Å². The van der Waals surface area contributed by atoms with E-state index < -0.39 is 0 Å². The van der Waals surface area contributed by atoms with Gasteiger partial charge in [-0.05, 0) is 42.8 Å². The summed E-state index contributed by atoms with van der Waals surface area (Å²) in [5.41, 5.74) is 1.59. The maximum Gasteiger partial charge on any atom is 0.273 e. The molecule has 0 radical (unpaired) electrons. The van der Waals surface area contributed by atoms with Gasteiger partial charge in [0.05, 0.1) is 11.5 Å². The van der Waals surface area contributed by atoms with Gasteiger partial charge in [0.2, 0.25) is 0 Å². The molecule has 1 aromatic carbocycles. The second-order valence-electron chi connectivity index (χ2n) is 4.08.